The average molecular weight is 662 g/mol. The van der Waals surface area contributed by atoms with Gasteiger partial charge in [-0.15, -0.1) is 0 Å². The second-order valence-corrected chi connectivity index (χ2v) is 17.5. The summed E-state index contributed by atoms with van der Waals surface area (Å²) in [5.74, 6) is 0.946. The average Bonchev–Trinajstić information content (AvgIpc) is 3.72. The molecule has 0 N–H and O–H groups in total. The zero-order valence-corrected chi connectivity index (χ0v) is 28.5. The van der Waals surface area contributed by atoms with Crippen molar-refractivity contribution in [3.8, 4) is 11.4 Å². The van der Waals surface area contributed by atoms with Crippen molar-refractivity contribution in [2.24, 2.45) is 0 Å². The molecule has 3 heterocycles. The monoisotopic (exact) mass is 661 g/mol. The van der Waals surface area contributed by atoms with Crippen LogP contribution in [0.25, 0.3) is 44.2 Å². The van der Waals surface area contributed by atoms with Crippen LogP contribution in [0.15, 0.2) is 181 Å². The fraction of sp³-hybridized carbons (Fsp3) is 0.0227. The Hall–Kier alpha value is -5.62. The first-order valence-electron chi connectivity index (χ1n) is 16.7. The third-order valence-corrected chi connectivity index (χ3v) is 15.9. The first kappa shape index (κ1) is 28.4. The molecular formula is C44H31N3SSi. The summed E-state index contributed by atoms with van der Waals surface area (Å²) in [4.78, 5) is 5.05. The summed E-state index contributed by atoms with van der Waals surface area (Å²) in [5.41, 5.74) is 8.28. The molecule has 0 bridgehead atoms. The van der Waals surface area contributed by atoms with Crippen molar-refractivity contribution in [3.05, 3.63) is 181 Å². The van der Waals surface area contributed by atoms with Gasteiger partial charge >= 0.3 is 0 Å². The molecular weight excluding hydrogens is 631 g/mol. The van der Waals surface area contributed by atoms with Crippen molar-refractivity contribution in [1.29, 1.82) is 0 Å². The van der Waals surface area contributed by atoms with Gasteiger partial charge in [-0.3, -0.25) is 4.57 Å². The number of hydrogen-bond donors (Lipinski definition) is 0. The van der Waals surface area contributed by atoms with Crippen LogP contribution in [0.2, 0.25) is 0 Å². The number of hydrogen-bond acceptors (Lipinski definition) is 2. The maximum Gasteiger partial charge on any atom is 0.179 e. The largest absolute Gasteiger partial charge is 0.309 e. The highest BCUT2D eigenvalue weighted by Gasteiger charge is 2.41. The van der Waals surface area contributed by atoms with Crippen molar-refractivity contribution >= 4 is 73.4 Å². The molecule has 0 radical (unpaired) electrons. The highest BCUT2D eigenvalue weighted by Crippen LogP contribution is 2.39. The number of benzene rings is 7. The van der Waals surface area contributed by atoms with E-state index in [1.807, 2.05) is 11.8 Å². The van der Waals surface area contributed by atoms with Gasteiger partial charge in [-0.2, -0.15) is 0 Å². The second-order valence-electron chi connectivity index (χ2n) is 12.8. The zero-order chi connectivity index (χ0) is 32.4. The molecule has 0 atom stereocenters. The van der Waals surface area contributed by atoms with Gasteiger partial charge in [0.05, 0.1) is 27.8 Å². The SMILES string of the molecule is c1ccc([Si](c2ccccc2)(c2ccccc2)c2ccc3c(c2)c2ccccc2n3-c2ccc3nc4n(c3c2)-c2ccccc2CS4)cc1. The Bertz CT molecular complexity index is 2560. The molecule has 7 aromatic carbocycles. The van der Waals surface area contributed by atoms with E-state index >= 15 is 0 Å². The summed E-state index contributed by atoms with van der Waals surface area (Å²) in [7, 11) is -2.68. The standard InChI is InChI=1S/C44H31N3SSi/c1-4-15-33(16-5-1)49(34-17-6-2-7-18-34,35-19-8-3-9-20-35)36-25-27-42-38(29-36)37-21-11-13-23-41(37)46(42)32-24-26-39-43(28-32)47-40-22-12-10-14-31(40)30-48-44(47)45-39/h1-29H,30H2. The Balaban J connectivity index is 1.25. The molecule has 5 heteroatoms. The smallest absolute Gasteiger partial charge is 0.179 e. The summed E-state index contributed by atoms with van der Waals surface area (Å²) >= 11 is 1.81. The van der Waals surface area contributed by atoms with Crippen molar-refractivity contribution in [3.63, 3.8) is 0 Å². The molecule has 49 heavy (non-hydrogen) atoms. The van der Waals surface area contributed by atoms with Gasteiger partial charge in [-0.25, -0.2) is 4.98 Å². The molecule has 0 fully saturated rings. The van der Waals surface area contributed by atoms with E-state index in [4.69, 9.17) is 4.98 Å². The lowest BCUT2D eigenvalue weighted by molar-refractivity contribution is 0.894. The lowest BCUT2D eigenvalue weighted by Crippen LogP contribution is -2.74. The van der Waals surface area contributed by atoms with Crippen LogP contribution >= 0.6 is 11.8 Å². The van der Waals surface area contributed by atoms with E-state index < -0.39 is 8.07 Å². The first-order chi connectivity index (χ1) is 24.3. The van der Waals surface area contributed by atoms with Gasteiger partial charge in [0.1, 0.15) is 0 Å². The third-order valence-electron chi connectivity index (χ3n) is 10.2. The molecule has 0 amide bonds. The van der Waals surface area contributed by atoms with Crippen LogP contribution in [0.5, 0.6) is 0 Å². The van der Waals surface area contributed by atoms with Crippen LogP contribution in [0.4, 0.5) is 0 Å². The Morgan fingerprint density at radius 2 is 1.08 bits per heavy atom. The summed E-state index contributed by atoms with van der Waals surface area (Å²) in [6, 6.07) is 65.1. The quantitative estimate of drug-likeness (QED) is 0.137. The van der Waals surface area contributed by atoms with Crippen LogP contribution in [0, 0.1) is 0 Å². The van der Waals surface area contributed by atoms with Crippen molar-refractivity contribution < 1.29 is 0 Å². The van der Waals surface area contributed by atoms with E-state index in [1.54, 1.807) is 0 Å². The van der Waals surface area contributed by atoms with E-state index in [0.717, 1.165) is 27.6 Å². The topological polar surface area (TPSA) is 22.8 Å². The van der Waals surface area contributed by atoms with Crippen LogP contribution in [0.1, 0.15) is 5.56 Å². The molecule has 0 saturated heterocycles. The molecule has 0 aliphatic carbocycles. The summed E-state index contributed by atoms with van der Waals surface area (Å²) in [6.45, 7) is 0. The summed E-state index contributed by atoms with van der Waals surface area (Å²) in [5, 5.41) is 9.10. The van der Waals surface area contributed by atoms with Gasteiger partial charge in [0, 0.05) is 22.2 Å². The minimum absolute atomic E-state index is 0.946. The predicted octanol–water partition coefficient (Wildman–Crippen LogP) is 8.11. The Morgan fingerprint density at radius 3 is 1.80 bits per heavy atom. The van der Waals surface area contributed by atoms with Gasteiger partial charge < -0.3 is 4.57 Å². The van der Waals surface area contributed by atoms with Crippen molar-refractivity contribution in [2.45, 2.75) is 10.9 Å². The summed E-state index contributed by atoms with van der Waals surface area (Å²) < 4.78 is 4.78. The van der Waals surface area contributed by atoms with Crippen LogP contribution in [-0.4, -0.2) is 22.2 Å². The number of aromatic nitrogens is 3. The minimum atomic E-state index is -2.68. The van der Waals surface area contributed by atoms with Gasteiger partial charge in [0.15, 0.2) is 13.2 Å². The number of nitrogens with zero attached hydrogens (tertiary/aromatic N) is 3. The Morgan fingerprint density at radius 1 is 0.469 bits per heavy atom. The van der Waals surface area contributed by atoms with E-state index in [0.29, 0.717) is 0 Å². The van der Waals surface area contributed by atoms with E-state index in [2.05, 4.69) is 185 Å². The lowest BCUT2D eigenvalue weighted by Gasteiger charge is -2.34. The van der Waals surface area contributed by atoms with Gasteiger partial charge in [-0.1, -0.05) is 151 Å². The zero-order valence-electron chi connectivity index (χ0n) is 26.7. The van der Waals surface area contributed by atoms with Crippen molar-refractivity contribution in [1.82, 2.24) is 14.1 Å². The molecule has 1 aliphatic rings. The number of para-hydroxylation sites is 2. The fourth-order valence-corrected chi connectivity index (χ4v) is 13.8. The van der Waals surface area contributed by atoms with Crippen LogP contribution in [0.3, 0.4) is 0 Å². The van der Waals surface area contributed by atoms with E-state index in [1.165, 1.54) is 53.8 Å². The molecule has 232 valence electrons. The lowest BCUT2D eigenvalue weighted by atomic mass is 10.1. The highest BCUT2D eigenvalue weighted by atomic mass is 32.2. The fourth-order valence-electron chi connectivity index (χ4n) is 8.05. The van der Waals surface area contributed by atoms with E-state index in [9.17, 15) is 0 Å². The molecule has 3 nitrogen and oxygen atoms in total. The molecule has 0 saturated carbocycles. The Kier molecular flexibility index (Phi) is 6.51. The molecule has 0 spiro atoms. The highest BCUT2D eigenvalue weighted by molar-refractivity contribution is 7.98. The van der Waals surface area contributed by atoms with Crippen LogP contribution < -0.4 is 20.7 Å². The Labute approximate surface area is 290 Å². The maximum atomic E-state index is 5.05. The number of fused-ring (bicyclic) bond motifs is 8. The van der Waals surface area contributed by atoms with Crippen molar-refractivity contribution in [2.75, 3.05) is 0 Å². The minimum Gasteiger partial charge on any atom is -0.309 e. The van der Waals surface area contributed by atoms with Gasteiger partial charge in [0.2, 0.25) is 0 Å². The molecule has 1 aliphatic heterocycles. The van der Waals surface area contributed by atoms with Gasteiger partial charge in [-0.05, 0) is 62.7 Å². The number of rotatable bonds is 5. The van der Waals surface area contributed by atoms with Gasteiger partial charge in [0.25, 0.3) is 0 Å². The predicted molar refractivity (Wildman–Crippen MR) is 209 cm³/mol. The second kappa shape index (κ2) is 11.2. The normalized spacial score (nSPS) is 12.7. The number of imidazole rings is 1. The van der Waals surface area contributed by atoms with E-state index in [-0.39, 0.29) is 0 Å². The molecule has 0 unspecified atom stereocenters. The summed E-state index contributed by atoms with van der Waals surface area (Å²) in [6.07, 6.45) is 0. The molecule has 10 rings (SSSR count). The molecule has 2 aromatic heterocycles. The number of thioether (sulfide) groups is 1. The molecule has 9 aromatic rings. The maximum absolute atomic E-state index is 5.05. The third kappa shape index (κ3) is 4.26. The van der Waals surface area contributed by atoms with Crippen LogP contribution in [-0.2, 0) is 5.75 Å². The first-order valence-corrected chi connectivity index (χ1v) is 19.7.